The third kappa shape index (κ3) is 3.20. The number of ketones is 1. The number of rotatable bonds is 3. The summed E-state index contributed by atoms with van der Waals surface area (Å²) < 4.78 is 0.908. The predicted octanol–water partition coefficient (Wildman–Crippen LogP) is 2.97. The molecule has 0 saturated carbocycles. The molecular formula is C13H11BrN2O. The van der Waals surface area contributed by atoms with Gasteiger partial charge in [-0.3, -0.25) is 14.8 Å². The van der Waals surface area contributed by atoms with Crippen LogP contribution in [0.25, 0.3) is 0 Å². The molecule has 2 aromatic rings. The number of nitrogens with zero attached hydrogens (tertiary/aromatic N) is 2. The zero-order valence-corrected chi connectivity index (χ0v) is 10.9. The molecule has 4 heteroatoms. The highest BCUT2D eigenvalue weighted by Gasteiger charge is 2.08. The monoisotopic (exact) mass is 290 g/mol. The van der Waals surface area contributed by atoms with Crippen LogP contribution in [0.2, 0.25) is 0 Å². The molecule has 0 fully saturated rings. The molecule has 0 aromatic carbocycles. The molecule has 0 N–H and O–H groups in total. The van der Waals surface area contributed by atoms with E-state index in [9.17, 15) is 4.79 Å². The molecule has 0 unspecified atom stereocenters. The maximum Gasteiger partial charge on any atom is 0.170 e. The number of hydrogen-bond donors (Lipinski definition) is 0. The van der Waals surface area contributed by atoms with Crippen molar-refractivity contribution in [1.82, 2.24) is 9.97 Å². The lowest BCUT2D eigenvalue weighted by Crippen LogP contribution is -2.05. The van der Waals surface area contributed by atoms with Crippen LogP contribution >= 0.6 is 15.9 Å². The maximum atomic E-state index is 12.0. The van der Waals surface area contributed by atoms with Gasteiger partial charge in [-0.1, -0.05) is 0 Å². The average molecular weight is 291 g/mol. The molecular weight excluding hydrogens is 280 g/mol. The fraction of sp³-hybridized carbons (Fsp3) is 0.154. The summed E-state index contributed by atoms with van der Waals surface area (Å²) in [6.45, 7) is 1.92. The van der Waals surface area contributed by atoms with E-state index in [1.54, 1.807) is 18.6 Å². The molecule has 0 aliphatic rings. The lowest BCUT2D eigenvalue weighted by molar-refractivity contribution is 0.0991. The highest BCUT2D eigenvalue weighted by molar-refractivity contribution is 9.10. The van der Waals surface area contributed by atoms with Gasteiger partial charge < -0.3 is 0 Å². The van der Waals surface area contributed by atoms with Crippen molar-refractivity contribution >= 4 is 21.7 Å². The summed E-state index contributed by atoms with van der Waals surface area (Å²) in [6.07, 6.45) is 5.32. The Balaban J connectivity index is 2.14. The van der Waals surface area contributed by atoms with Crippen LogP contribution in [0.5, 0.6) is 0 Å². The molecule has 0 radical (unpaired) electrons. The Labute approximate surface area is 108 Å². The summed E-state index contributed by atoms with van der Waals surface area (Å²) in [5.74, 6) is 0.0380. The number of carbonyl (C=O) groups excluding carboxylic acids is 1. The van der Waals surface area contributed by atoms with E-state index in [2.05, 4.69) is 25.9 Å². The van der Waals surface area contributed by atoms with E-state index < -0.39 is 0 Å². The summed E-state index contributed by atoms with van der Waals surface area (Å²) in [4.78, 5) is 20.1. The number of Topliss-reactive ketones (excluding diaryl/α,β-unsaturated/α-hetero) is 1. The van der Waals surface area contributed by atoms with E-state index in [4.69, 9.17) is 0 Å². The van der Waals surface area contributed by atoms with Crippen molar-refractivity contribution in [2.75, 3.05) is 0 Å². The molecule has 2 heterocycles. The summed E-state index contributed by atoms with van der Waals surface area (Å²) >= 11 is 3.31. The van der Waals surface area contributed by atoms with Gasteiger partial charge in [0.15, 0.2) is 5.78 Å². The SMILES string of the molecule is Cc1cncc(C(=O)Cc2ccc(Br)cn2)c1. The van der Waals surface area contributed by atoms with Crippen molar-refractivity contribution in [3.8, 4) is 0 Å². The summed E-state index contributed by atoms with van der Waals surface area (Å²) in [5, 5.41) is 0. The Morgan fingerprint density at radius 1 is 1.29 bits per heavy atom. The van der Waals surface area contributed by atoms with E-state index in [1.807, 2.05) is 25.1 Å². The fourth-order valence-electron chi connectivity index (χ4n) is 1.49. The van der Waals surface area contributed by atoms with Crippen LogP contribution in [-0.4, -0.2) is 15.8 Å². The van der Waals surface area contributed by atoms with Crippen LogP contribution in [0.1, 0.15) is 21.6 Å². The van der Waals surface area contributed by atoms with Crippen LogP contribution in [0.15, 0.2) is 41.3 Å². The number of aryl methyl sites for hydroxylation is 1. The molecule has 0 spiro atoms. The van der Waals surface area contributed by atoms with E-state index in [0.717, 1.165) is 15.7 Å². The van der Waals surface area contributed by atoms with Gasteiger partial charge in [-0.25, -0.2) is 0 Å². The number of hydrogen-bond acceptors (Lipinski definition) is 3. The van der Waals surface area contributed by atoms with Gasteiger partial charge in [0.1, 0.15) is 0 Å². The first-order valence-corrected chi connectivity index (χ1v) is 6.00. The van der Waals surface area contributed by atoms with Gasteiger partial charge in [0.2, 0.25) is 0 Å². The molecule has 2 rings (SSSR count). The van der Waals surface area contributed by atoms with Crippen molar-refractivity contribution in [3.05, 3.63) is 58.1 Å². The quantitative estimate of drug-likeness (QED) is 0.816. The summed E-state index contributed by atoms with van der Waals surface area (Å²) in [7, 11) is 0. The largest absolute Gasteiger partial charge is 0.294 e. The normalized spacial score (nSPS) is 10.2. The molecule has 0 aliphatic heterocycles. The van der Waals surface area contributed by atoms with E-state index in [0.29, 0.717) is 12.0 Å². The first-order chi connectivity index (χ1) is 8.15. The van der Waals surface area contributed by atoms with Gasteiger partial charge in [0, 0.05) is 34.3 Å². The van der Waals surface area contributed by atoms with Crippen molar-refractivity contribution in [2.45, 2.75) is 13.3 Å². The number of carbonyl (C=O) groups is 1. The number of pyridine rings is 2. The van der Waals surface area contributed by atoms with Crippen molar-refractivity contribution < 1.29 is 4.79 Å². The van der Waals surface area contributed by atoms with Gasteiger partial charge in [0.05, 0.1) is 6.42 Å². The standard InChI is InChI=1S/C13H11BrN2O/c1-9-4-10(7-15-6-9)13(17)5-12-3-2-11(14)8-16-12/h2-4,6-8H,5H2,1H3. The lowest BCUT2D eigenvalue weighted by atomic mass is 10.1. The van der Waals surface area contributed by atoms with Crippen molar-refractivity contribution in [3.63, 3.8) is 0 Å². The smallest absolute Gasteiger partial charge is 0.170 e. The van der Waals surface area contributed by atoms with Crippen LogP contribution in [-0.2, 0) is 6.42 Å². The Kier molecular flexibility index (Phi) is 3.64. The zero-order chi connectivity index (χ0) is 12.3. The number of aromatic nitrogens is 2. The molecule has 0 amide bonds. The number of halogens is 1. The van der Waals surface area contributed by atoms with E-state index in [1.165, 1.54) is 0 Å². The molecule has 0 atom stereocenters. The molecule has 3 nitrogen and oxygen atoms in total. The van der Waals surface area contributed by atoms with Crippen molar-refractivity contribution in [1.29, 1.82) is 0 Å². The van der Waals surface area contributed by atoms with E-state index in [-0.39, 0.29) is 5.78 Å². The fourth-order valence-corrected chi connectivity index (χ4v) is 1.72. The minimum atomic E-state index is 0.0380. The highest BCUT2D eigenvalue weighted by atomic mass is 79.9. The van der Waals surface area contributed by atoms with Crippen LogP contribution in [0.4, 0.5) is 0 Å². The molecule has 2 aromatic heterocycles. The second kappa shape index (κ2) is 5.19. The molecule has 0 bridgehead atoms. The lowest BCUT2D eigenvalue weighted by Gasteiger charge is -2.01. The maximum absolute atomic E-state index is 12.0. The van der Waals surface area contributed by atoms with Crippen molar-refractivity contribution in [2.24, 2.45) is 0 Å². The zero-order valence-electron chi connectivity index (χ0n) is 9.35. The Hall–Kier alpha value is -1.55. The molecule has 0 aliphatic carbocycles. The van der Waals surface area contributed by atoms with E-state index >= 15 is 0 Å². The second-order valence-electron chi connectivity index (χ2n) is 3.82. The summed E-state index contributed by atoms with van der Waals surface area (Å²) in [6, 6.07) is 5.56. The van der Waals surface area contributed by atoms with Gasteiger partial charge in [0.25, 0.3) is 0 Å². The topological polar surface area (TPSA) is 42.9 Å². The van der Waals surface area contributed by atoms with Crippen LogP contribution in [0, 0.1) is 6.92 Å². The average Bonchev–Trinajstić information content (AvgIpc) is 2.32. The third-order valence-corrected chi connectivity index (χ3v) is 2.80. The summed E-state index contributed by atoms with van der Waals surface area (Å²) in [5.41, 5.74) is 2.38. The van der Waals surface area contributed by atoms with Gasteiger partial charge >= 0.3 is 0 Å². The Bertz CT molecular complexity index is 537. The molecule has 17 heavy (non-hydrogen) atoms. The van der Waals surface area contributed by atoms with Gasteiger partial charge in [-0.15, -0.1) is 0 Å². The van der Waals surface area contributed by atoms with Crippen LogP contribution in [0.3, 0.4) is 0 Å². The first kappa shape index (κ1) is 11.9. The van der Waals surface area contributed by atoms with Gasteiger partial charge in [-0.2, -0.15) is 0 Å². The molecule has 0 saturated heterocycles. The van der Waals surface area contributed by atoms with Crippen LogP contribution < -0.4 is 0 Å². The minimum Gasteiger partial charge on any atom is -0.294 e. The Morgan fingerprint density at radius 3 is 2.76 bits per heavy atom. The van der Waals surface area contributed by atoms with Gasteiger partial charge in [-0.05, 0) is 46.6 Å². The second-order valence-corrected chi connectivity index (χ2v) is 4.73. The Morgan fingerprint density at radius 2 is 2.12 bits per heavy atom. The first-order valence-electron chi connectivity index (χ1n) is 5.20. The molecule has 86 valence electrons. The highest BCUT2D eigenvalue weighted by Crippen LogP contribution is 2.10. The minimum absolute atomic E-state index is 0.0380. The predicted molar refractivity (Wildman–Crippen MR) is 68.9 cm³/mol. The third-order valence-electron chi connectivity index (χ3n) is 2.33.